The fourth-order valence-corrected chi connectivity index (χ4v) is 1.80. The maximum atomic E-state index is 11.5. The SMILES string of the molecule is CCCC(=O)Cc1nc(-c2ccccc2OC)no1. The molecule has 1 aromatic heterocycles. The van der Waals surface area contributed by atoms with E-state index in [9.17, 15) is 4.79 Å². The zero-order valence-corrected chi connectivity index (χ0v) is 11.0. The Balaban J connectivity index is 2.19. The summed E-state index contributed by atoms with van der Waals surface area (Å²) < 4.78 is 10.3. The van der Waals surface area contributed by atoms with Crippen molar-refractivity contribution in [2.45, 2.75) is 26.2 Å². The lowest BCUT2D eigenvalue weighted by Gasteiger charge is -2.02. The molecule has 0 aliphatic heterocycles. The number of Topliss-reactive ketones (excluding diaryl/α,β-unsaturated/α-hetero) is 1. The molecular formula is C14H16N2O3. The number of ketones is 1. The van der Waals surface area contributed by atoms with E-state index in [4.69, 9.17) is 9.26 Å². The molecule has 1 aromatic carbocycles. The normalized spacial score (nSPS) is 10.4. The molecule has 0 N–H and O–H groups in total. The van der Waals surface area contributed by atoms with E-state index in [1.807, 2.05) is 31.2 Å². The van der Waals surface area contributed by atoms with E-state index in [1.54, 1.807) is 7.11 Å². The van der Waals surface area contributed by atoms with E-state index < -0.39 is 0 Å². The lowest BCUT2D eigenvalue weighted by molar-refractivity contribution is -0.118. The molecule has 0 aliphatic carbocycles. The number of carbonyl (C=O) groups excluding carboxylic acids is 1. The van der Waals surface area contributed by atoms with Gasteiger partial charge in [0.25, 0.3) is 0 Å². The smallest absolute Gasteiger partial charge is 0.234 e. The summed E-state index contributed by atoms with van der Waals surface area (Å²) in [5.41, 5.74) is 0.753. The molecule has 0 radical (unpaired) electrons. The molecule has 0 fully saturated rings. The number of hydrogen-bond donors (Lipinski definition) is 0. The van der Waals surface area contributed by atoms with Gasteiger partial charge in [-0.1, -0.05) is 24.2 Å². The van der Waals surface area contributed by atoms with Gasteiger partial charge >= 0.3 is 0 Å². The lowest BCUT2D eigenvalue weighted by atomic mass is 10.2. The van der Waals surface area contributed by atoms with Gasteiger partial charge in [0.15, 0.2) is 0 Å². The number of hydrogen-bond acceptors (Lipinski definition) is 5. The molecule has 0 spiro atoms. The summed E-state index contributed by atoms with van der Waals surface area (Å²) in [6.45, 7) is 1.96. The molecule has 0 saturated heterocycles. The minimum atomic E-state index is 0.109. The Hall–Kier alpha value is -2.17. The molecule has 100 valence electrons. The van der Waals surface area contributed by atoms with Crippen LogP contribution < -0.4 is 4.74 Å². The average molecular weight is 260 g/mol. The molecular weight excluding hydrogens is 244 g/mol. The second-order valence-corrected chi connectivity index (χ2v) is 4.18. The Morgan fingerprint density at radius 2 is 2.16 bits per heavy atom. The first-order valence-electron chi connectivity index (χ1n) is 6.22. The van der Waals surface area contributed by atoms with Crippen LogP contribution in [0, 0.1) is 0 Å². The molecule has 0 aliphatic rings. The average Bonchev–Trinajstić information content (AvgIpc) is 2.87. The highest BCUT2D eigenvalue weighted by molar-refractivity contribution is 5.80. The molecule has 19 heavy (non-hydrogen) atoms. The van der Waals surface area contributed by atoms with Crippen LogP contribution in [0.4, 0.5) is 0 Å². The Bertz CT molecular complexity index is 563. The third-order valence-corrected chi connectivity index (χ3v) is 2.69. The standard InChI is InChI=1S/C14H16N2O3/c1-3-6-10(17)9-13-15-14(16-19-13)11-7-4-5-8-12(11)18-2/h4-5,7-8H,3,6,9H2,1-2H3. The van der Waals surface area contributed by atoms with Crippen molar-refractivity contribution in [1.82, 2.24) is 10.1 Å². The minimum absolute atomic E-state index is 0.109. The maximum absolute atomic E-state index is 11.5. The van der Waals surface area contributed by atoms with E-state index in [2.05, 4.69) is 10.1 Å². The van der Waals surface area contributed by atoms with Gasteiger partial charge in [0.1, 0.15) is 11.5 Å². The van der Waals surface area contributed by atoms with Crippen molar-refractivity contribution in [3.63, 3.8) is 0 Å². The van der Waals surface area contributed by atoms with Gasteiger partial charge in [-0.3, -0.25) is 4.79 Å². The number of aromatic nitrogens is 2. The Kier molecular flexibility index (Phi) is 4.28. The van der Waals surface area contributed by atoms with Gasteiger partial charge < -0.3 is 9.26 Å². The highest BCUT2D eigenvalue weighted by Crippen LogP contribution is 2.27. The lowest BCUT2D eigenvalue weighted by Crippen LogP contribution is -2.01. The summed E-state index contributed by atoms with van der Waals surface area (Å²) in [5, 5.41) is 3.89. The number of carbonyl (C=O) groups is 1. The van der Waals surface area contributed by atoms with E-state index in [-0.39, 0.29) is 12.2 Å². The van der Waals surface area contributed by atoms with Gasteiger partial charge in [0.2, 0.25) is 11.7 Å². The molecule has 0 saturated carbocycles. The molecule has 0 amide bonds. The topological polar surface area (TPSA) is 65.2 Å². The van der Waals surface area contributed by atoms with Crippen LogP contribution in [0.5, 0.6) is 5.75 Å². The first kappa shape index (κ1) is 13.3. The van der Waals surface area contributed by atoms with Crippen molar-refractivity contribution in [1.29, 1.82) is 0 Å². The number of benzene rings is 1. The van der Waals surface area contributed by atoms with E-state index in [0.29, 0.717) is 23.9 Å². The minimum Gasteiger partial charge on any atom is -0.496 e. The largest absolute Gasteiger partial charge is 0.496 e. The predicted molar refractivity (Wildman–Crippen MR) is 69.9 cm³/mol. The van der Waals surface area contributed by atoms with Crippen LogP contribution in [0.15, 0.2) is 28.8 Å². The van der Waals surface area contributed by atoms with E-state index in [0.717, 1.165) is 12.0 Å². The van der Waals surface area contributed by atoms with Crippen LogP contribution in [0.25, 0.3) is 11.4 Å². The Morgan fingerprint density at radius 1 is 1.37 bits per heavy atom. The van der Waals surface area contributed by atoms with Crippen LogP contribution in [0.2, 0.25) is 0 Å². The fourth-order valence-electron chi connectivity index (χ4n) is 1.80. The van der Waals surface area contributed by atoms with Crippen molar-refractivity contribution in [2.24, 2.45) is 0 Å². The predicted octanol–water partition coefficient (Wildman–Crippen LogP) is 2.66. The number of methoxy groups -OCH3 is 1. The van der Waals surface area contributed by atoms with Crippen LogP contribution in [0.3, 0.4) is 0 Å². The van der Waals surface area contributed by atoms with Crippen LogP contribution in [0.1, 0.15) is 25.7 Å². The van der Waals surface area contributed by atoms with Gasteiger partial charge in [-0.25, -0.2) is 0 Å². The molecule has 1 heterocycles. The Morgan fingerprint density at radius 3 is 2.89 bits per heavy atom. The third kappa shape index (κ3) is 3.19. The number of nitrogens with zero attached hydrogens (tertiary/aromatic N) is 2. The van der Waals surface area contributed by atoms with Gasteiger partial charge in [-0.2, -0.15) is 4.98 Å². The van der Waals surface area contributed by atoms with E-state index >= 15 is 0 Å². The summed E-state index contributed by atoms with van der Waals surface area (Å²) >= 11 is 0. The van der Waals surface area contributed by atoms with Gasteiger partial charge in [-0.15, -0.1) is 0 Å². The Labute approximate surface area is 111 Å². The van der Waals surface area contributed by atoms with Crippen LogP contribution in [-0.4, -0.2) is 23.0 Å². The van der Waals surface area contributed by atoms with Gasteiger partial charge in [0.05, 0.1) is 19.1 Å². The summed E-state index contributed by atoms with van der Waals surface area (Å²) in [7, 11) is 1.59. The van der Waals surface area contributed by atoms with Crippen molar-refractivity contribution < 1.29 is 14.1 Å². The van der Waals surface area contributed by atoms with Crippen molar-refractivity contribution >= 4 is 5.78 Å². The third-order valence-electron chi connectivity index (χ3n) is 2.69. The summed E-state index contributed by atoms with van der Waals surface area (Å²) in [5.74, 6) is 1.57. The van der Waals surface area contributed by atoms with Gasteiger partial charge in [0, 0.05) is 6.42 Å². The molecule has 5 heteroatoms. The second kappa shape index (κ2) is 6.13. The summed E-state index contributed by atoms with van der Waals surface area (Å²) in [6, 6.07) is 7.42. The van der Waals surface area contributed by atoms with Crippen LogP contribution in [-0.2, 0) is 11.2 Å². The van der Waals surface area contributed by atoms with E-state index in [1.165, 1.54) is 0 Å². The molecule has 2 aromatic rings. The number of para-hydroxylation sites is 1. The number of ether oxygens (including phenoxy) is 1. The highest BCUT2D eigenvalue weighted by Gasteiger charge is 2.14. The maximum Gasteiger partial charge on any atom is 0.234 e. The molecule has 0 atom stereocenters. The molecule has 5 nitrogen and oxygen atoms in total. The molecule has 0 bridgehead atoms. The quantitative estimate of drug-likeness (QED) is 0.798. The molecule has 0 unspecified atom stereocenters. The monoisotopic (exact) mass is 260 g/mol. The second-order valence-electron chi connectivity index (χ2n) is 4.18. The zero-order chi connectivity index (χ0) is 13.7. The number of rotatable bonds is 6. The van der Waals surface area contributed by atoms with Gasteiger partial charge in [-0.05, 0) is 18.6 Å². The summed E-state index contributed by atoms with van der Waals surface area (Å²) in [4.78, 5) is 15.8. The molecule has 2 rings (SSSR count). The van der Waals surface area contributed by atoms with Crippen LogP contribution >= 0.6 is 0 Å². The first-order chi connectivity index (χ1) is 9.24. The zero-order valence-electron chi connectivity index (χ0n) is 11.0. The highest BCUT2D eigenvalue weighted by atomic mass is 16.5. The van der Waals surface area contributed by atoms with Crippen molar-refractivity contribution in [3.8, 4) is 17.1 Å². The van der Waals surface area contributed by atoms with Crippen molar-refractivity contribution in [3.05, 3.63) is 30.2 Å². The first-order valence-corrected chi connectivity index (χ1v) is 6.22. The summed E-state index contributed by atoms with van der Waals surface area (Å²) in [6.07, 6.45) is 1.55. The fraction of sp³-hybridized carbons (Fsp3) is 0.357. The van der Waals surface area contributed by atoms with Crippen molar-refractivity contribution in [2.75, 3.05) is 7.11 Å².